The zero-order valence-corrected chi connectivity index (χ0v) is 12.1. The van der Waals surface area contributed by atoms with Crippen LogP contribution in [0.5, 0.6) is 0 Å². The maximum absolute atomic E-state index is 11.4. The smallest absolute Gasteiger partial charge is 0.225 e. The Morgan fingerprint density at radius 1 is 1.18 bits per heavy atom. The molecule has 4 nitrogen and oxygen atoms in total. The Kier molecular flexibility index (Phi) is 5.14. The standard InChI is InChI=1S/C11H12Br2N2O2/c12-7-2-1-3-8(13)10(7)6(11(15)17)4-5-9(14)16/h1-3,6H,4-5H2,(H2,14,16)(H2,15,17). The minimum Gasteiger partial charge on any atom is -0.370 e. The van der Waals surface area contributed by atoms with Crippen LogP contribution in [0, 0.1) is 0 Å². The first-order valence-corrected chi connectivity index (χ1v) is 6.53. The summed E-state index contributed by atoms with van der Waals surface area (Å²) in [6.45, 7) is 0. The first-order valence-electron chi connectivity index (χ1n) is 4.95. The number of amides is 2. The monoisotopic (exact) mass is 362 g/mol. The van der Waals surface area contributed by atoms with Gasteiger partial charge in [0.2, 0.25) is 11.8 Å². The van der Waals surface area contributed by atoms with Crippen LogP contribution >= 0.6 is 31.9 Å². The normalized spacial score (nSPS) is 12.1. The number of nitrogens with two attached hydrogens (primary N) is 2. The van der Waals surface area contributed by atoms with Crippen molar-refractivity contribution in [3.63, 3.8) is 0 Å². The van der Waals surface area contributed by atoms with Gasteiger partial charge in [-0.3, -0.25) is 9.59 Å². The number of rotatable bonds is 5. The second kappa shape index (κ2) is 6.16. The molecule has 0 bridgehead atoms. The van der Waals surface area contributed by atoms with Crippen molar-refractivity contribution in [2.75, 3.05) is 0 Å². The van der Waals surface area contributed by atoms with E-state index in [1.54, 1.807) is 0 Å². The van der Waals surface area contributed by atoms with Gasteiger partial charge in [0.15, 0.2) is 0 Å². The Hall–Kier alpha value is -0.880. The van der Waals surface area contributed by atoms with Crippen molar-refractivity contribution in [2.45, 2.75) is 18.8 Å². The minimum atomic E-state index is -0.535. The molecule has 17 heavy (non-hydrogen) atoms. The van der Waals surface area contributed by atoms with Crippen molar-refractivity contribution in [3.8, 4) is 0 Å². The topological polar surface area (TPSA) is 86.2 Å². The molecule has 6 heteroatoms. The predicted octanol–water partition coefficient (Wildman–Crippen LogP) is 2.05. The van der Waals surface area contributed by atoms with Crippen molar-refractivity contribution in [1.82, 2.24) is 0 Å². The number of hydrogen-bond acceptors (Lipinski definition) is 2. The second-order valence-corrected chi connectivity index (χ2v) is 5.30. The molecule has 1 aromatic carbocycles. The van der Waals surface area contributed by atoms with Crippen LogP contribution in [0.3, 0.4) is 0 Å². The number of benzene rings is 1. The fraction of sp³-hybridized carbons (Fsp3) is 0.273. The van der Waals surface area contributed by atoms with Crippen LogP contribution in [-0.4, -0.2) is 11.8 Å². The number of carbonyl (C=O) groups is 2. The van der Waals surface area contributed by atoms with E-state index in [9.17, 15) is 9.59 Å². The van der Waals surface area contributed by atoms with Gasteiger partial charge in [0.1, 0.15) is 0 Å². The summed E-state index contributed by atoms with van der Waals surface area (Å²) >= 11 is 6.74. The van der Waals surface area contributed by atoms with Crippen LogP contribution in [0.25, 0.3) is 0 Å². The number of carbonyl (C=O) groups excluding carboxylic acids is 2. The summed E-state index contributed by atoms with van der Waals surface area (Å²) in [6, 6.07) is 5.48. The van der Waals surface area contributed by atoms with E-state index in [-0.39, 0.29) is 6.42 Å². The van der Waals surface area contributed by atoms with E-state index >= 15 is 0 Å². The Morgan fingerprint density at radius 2 is 1.71 bits per heavy atom. The van der Waals surface area contributed by atoms with E-state index in [0.29, 0.717) is 6.42 Å². The summed E-state index contributed by atoms with van der Waals surface area (Å²) in [6.07, 6.45) is 0.438. The first kappa shape index (κ1) is 14.2. The summed E-state index contributed by atoms with van der Waals surface area (Å²) in [5, 5.41) is 0. The van der Waals surface area contributed by atoms with E-state index < -0.39 is 17.7 Å². The molecular formula is C11H12Br2N2O2. The van der Waals surface area contributed by atoms with Gasteiger partial charge in [0, 0.05) is 15.4 Å². The Morgan fingerprint density at radius 3 is 2.12 bits per heavy atom. The van der Waals surface area contributed by atoms with Gasteiger partial charge in [-0.25, -0.2) is 0 Å². The van der Waals surface area contributed by atoms with Crippen molar-refractivity contribution in [3.05, 3.63) is 32.7 Å². The molecule has 0 radical (unpaired) electrons. The minimum absolute atomic E-state index is 0.126. The SMILES string of the molecule is NC(=O)CCC(C(N)=O)c1c(Br)cccc1Br. The molecule has 2 amide bonds. The zero-order valence-electron chi connectivity index (χ0n) is 8.95. The molecule has 0 saturated carbocycles. The van der Waals surface area contributed by atoms with Gasteiger partial charge >= 0.3 is 0 Å². The third-order valence-corrected chi connectivity index (χ3v) is 3.75. The molecule has 1 atom stereocenters. The van der Waals surface area contributed by atoms with E-state index in [4.69, 9.17) is 11.5 Å². The quantitative estimate of drug-likeness (QED) is 0.838. The average molecular weight is 364 g/mol. The highest BCUT2D eigenvalue weighted by molar-refractivity contribution is 9.11. The second-order valence-electron chi connectivity index (χ2n) is 3.60. The molecule has 1 aromatic rings. The molecule has 0 spiro atoms. The molecule has 0 aliphatic carbocycles. The molecular weight excluding hydrogens is 352 g/mol. The molecule has 0 aromatic heterocycles. The molecule has 0 fully saturated rings. The molecule has 0 aliphatic heterocycles. The van der Waals surface area contributed by atoms with Crippen LogP contribution in [0.4, 0.5) is 0 Å². The van der Waals surface area contributed by atoms with Crippen molar-refractivity contribution in [1.29, 1.82) is 0 Å². The lowest BCUT2D eigenvalue weighted by molar-refractivity contribution is -0.120. The summed E-state index contributed by atoms with van der Waals surface area (Å²) in [4.78, 5) is 22.2. The Bertz CT molecular complexity index is 429. The van der Waals surface area contributed by atoms with E-state index in [1.807, 2.05) is 18.2 Å². The van der Waals surface area contributed by atoms with Crippen molar-refractivity contribution >= 4 is 43.7 Å². The summed E-state index contributed by atoms with van der Waals surface area (Å²) in [5.74, 6) is -1.45. The maximum Gasteiger partial charge on any atom is 0.225 e. The fourth-order valence-electron chi connectivity index (χ4n) is 1.56. The zero-order chi connectivity index (χ0) is 13.0. The molecule has 0 aliphatic rings. The van der Waals surface area contributed by atoms with Crippen molar-refractivity contribution in [2.24, 2.45) is 11.5 Å². The fourth-order valence-corrected chi connectivity index (χ4v) is 3.11. The molecule has 92 valence electrons. The van der Waals surface area contributed by atoms with Gasteiger partial charge in [-0.15, -0.1) is 0 Å². The van der Waals surface area contributed by atoms with Crippen LogP contribution < -0.4 is 11.5 Å². The molecule has 4 N–H and O–H groups in total. The molecule has 0 heterocycles. The highest BCUT2D eigenvalue weighted by Gasteiger charge is 2.23. The lowest BCUT2D eigenvalue weighted by atomic mass is 9.93. The van der Waals surface area contributed by atoms with Crippen LogP contribution in [0.1, 0.15) is 24.3 Å². The largest absolute Gasteiger partial charge is 0.370 e. The van der Waals surface area contributed by atoms with Gasteiger partial charge in [-0.05, 0) is 24.1 Å². The van der Waals surface area contributed by atoms with E-state index in [0.717, 1.165) is 14.5 Å². The van der Waals surface area contributed by atoms with E-state index in [1.165, 1.54) is 0 Å². The van der Waals surface area contributed by atoms with Gasteiger partial charge in [0.05, 0.1) is 5.92 Å². The third kappa shape index (κ3) is 3.81. The van der Waals surface area contributed by atoms with Gasteiger partial charge in [-0.1, -0.05) is 37.9 Å². The third-order valence-electron chi connectivity index (χ3n) is 2.37. The average Bonchev–Trinajstić information content (AvgIpc) is 2.21. The number of hydrogen-bond donors (Lipinski definition) is 2. The van der Waals surface area contributed by atoms with Gasteiger partial charge in [0.25, 0.3) is 0 Å². The van der Waals surface area contributed by atoms with Crippen LogP contribution in [0.15, 0.2) is 27.1 Å². The summed E-state index contributed by atoms with van der Waals surface area (Å²) in [5.41, 5.74) is 11.2. The Balaban J connectivity index is 3.05. The van der Waals surface area contributed by atoms with Crippen LogP contribution in [-0.2, 0) is 9.59 Å². The molecule has 0 saturated heterocycles. The van der Waals surface area contributed by atoms with Gasteiger partial charge in [-0.2, -0.15) is 0 Å². The summed E-state index contributed by atoms with van der Waals surface area (Å²) < 4.78 is 1.56. The van der Waals surface area contributed by atoms with Crippen LogP contribution in [0.2, 0.25) is 0 Å². The van der Waals surface area contributed by atoms with Crippen molar-refractivity contribution < 1.29 is 9.59 Å². The molecule has 1 rings (SSSR count). The maximum atomic E-state index is 11.4. The van der Waals surface area contributed by atoms with E-state index in [2.05, 4.69) is 31.9 Å². The summed E-state index contributed by atoms with van der Waals surface area (Å²) in [7, 11) is 0. The number of halogens is 2. The first-order chi connectivity index (χ1) is 7.93. The number of primary amides is 2. The Labute approximate surface area is 116 Å². The molecule has 1 unspecified atom stereocenters. The highest BCUT2D eigenvalue weighted by Crippen LogP contribution is 2.34. The lowest BCUT2D eigenvalue weighted by Crippen LogP contribution is -2.24. The highest BCUT2D eigenvalue weighted by atomic mass is 79.9. The predicted molar refractivity (Wildman–Crippen MR) is 72.2 cm³/mol. The van der Waals surface area contributed by atoms with Gasteiger partial charge < -0.3 is 11.5 Å². The lowest BCUT2D eigenvalue weighted by Gasteiger charge is -2.16.